The minimum Gasteiger partial charge on any atom is -0.494 e. The van der Waals surface area contributed by atoms with Gasteiger partial charge in [-0.1, -0.05) is 18.2 Å². The van der Waals surface area contributed by atoms with Crippen molar-refractivity contribution in [3.05, 3.63) is 54.2 Å². The summed E-state index contributed by atoms with van der Waals surface area (Å²) in [5, 5.41) is 8.51. The molecule has 5 aromatic rings. The SMILES string of the molecule is COc1cc(C(=O)N2CCC[C@@H](CN)C2)cc2nc(-c3cc4cccc(-c5ccn[nH]5)c4n3CC3CC3)n(C)c12. The van der Waals surface area contributed by atoms with Crippen molar-refractivity contribution in [2.75, 3.05) is 26.7 Å². The van der Waals surface area contributed by atoms with Gasteiger partial charge in [0.2, 0.25) is 0 Å². The fourth-order valence-electron chi connectivity index (χ4n) is 6.32. The number of aromatic amines is 1. The van der Waals surface area contributed by atoms with Crippen LogP contribution >= 0.6 is 0 Å². The average Bonchev–Trinajstić information content (AvgIpc) is 3.35. The zero-order valence-electron chi connectivity index (χ0n) is 23.1. The zero-order chi connectivity index (χ0) is 27.4. The Balaban J connectivity index is 1.37. The summed E-state index contributed by atoms with van der Waals surface area (Å²) in [7, 11) is 3.68. The van der Waals surface area contributed by atoms with Gasteiger partial charge in [0.15, 0.2) is 5.82 Å². The van der Waals surface area contributed by atoms with Gasteiger partial charge in [0.25, 0.3) is 5.91 Å². The lowest BCUT2D eigenvalue weighted by Gasteiger charge is -2.32. The summed E-state index contributed by atoms with van der Waals surface area (Å²) in [6, 6.07) is 14.4. The molecular weight excluding hydrogens is 502 g/mol. The summed E-state index contributed by atoms with van der Waals surface area (Å²) in [5.41, 5.74) is 12.5. The maximum atomic E-state index is 13.6. The Bertz CT molecular complexity index is 1710. The molecule has 2 fully saturated rings. The van der Waals surface area contributed by atoms with Gasteiger partial charge in [-0.15, -0.1) is 0 Å². The molecule has 7 rings (SSSR count). The normalized spacial score (nSPS) is 17.7. The van der Waals surface area contributed by atoms with E-state index in [9.17, 15) is 4.79 Å². The summed E-state index contributed by atoms with van der Waals surface area (Å²) < 4.78 is 10.4. The molecule has 1 amide bonds. The molecule has 9 heteroatoms. The molecule has 2 aliphatic rings. The first-order valence-corrected chi connectivity index (χ1v) is 14.2. The number of H-pyrrole nitrogens is 1. The van der Waals surface area contributed by atoms with Gasteiger partial charge in [-0.25, -0.2) is 4.98 Å². The van der Waals surface area contributed by atoms with Crippen LogP contribution in [0.3, 0.4) is 0 Å². The molecule has 1 aliphatic carbocycles. The topological polar surface area (TPSA) is 107 Å². The van der Waals surface area contributed by atoms with Crippen LogP contribution in [0.2, 0.25) is 0 Å². The van der Waals surface area contributed by atoms with Gasteiger partial charge in [-0.3, -0.25) is 9.89 Å². The summed E-state index contributed by atoms with van der Waals surface area (Å²) in [6.07, 6.45) is 6.33. The largest absolute Gasteiger partial charge is 0.494 e. The Morgan fingerprint density at radius 3 is 2.75 bits per heavy atom. The van der Waals surface area contributed by atoms with Crippen LogP contribution in [0.4, 0.5) is 0 Å². The highest BCUT2D eigenvalue weighted by atomic mass is 16.5. The molecule has 0 bridgehead atoms. The number of benzene rings is 2. The van der Waals surface area contributed by atoms with Crippen LogP contribution in [0.15, 0.2) is 48.7 Å². The molecular formula is C31H35N7O2. The molecule has 4 heterocycles. The van der Waals surface area contributed by atoms with Crippen LogP contribution in [-0.2, 0) is 13.6 Å². The van der Waals surface area contributed by atoms with Crippen molar-refractivity contribution in [2.45, 2.75) is 32.2 Å². The number of fused-ring (bicyclic) bond motifs is 2. The number of carbonyl (C=O) groups excluding carboxylic acids is 1. The molecule has 206 valence electrons. The predicted octanol–water partition coefficient (Wildman–Crippen LogP) is 4.81. The van der Waals surface area contributed by atoms with E-state index in [4.69, 9.17) is 15.5 Å². The van der Waals surface area contributed by atoms with E-state index in [1.807, 2.05) is 30.1 Å². The number of aromatic nitrogens is 5. The molecule has 1 aliphatic heterocycles. The van der Waals surface area contributed by atoms with Gasteiger partial charge in [-0.2, -0.15) is 5.10 Å². The van der Waals surface area contributed by atoms with E-state index in [0.717, 1.165) is 65.1 Å². The average molecular weight is 538 g/mol. The van der Waals surface area contributed by atoms with Crippen molar-refractivity contribution in [1.82, 2.24) is 29.2 Å². The predicted molar refractivity (Wildman–Crippen MR) is 156 cm³/mol. The fourth-order valence-corrected chi connectivity index (χ4v) is 6.32. The molecule has 0 unspecified atom stereocenters. The Morgan fingerprint density at radius 2 is 2.00 bits per heavy atom. The van der Waals surface area contributed by atoms with Gasteiger partial charge >= 0.3 is 0 Å². The monoisotopic (exact) mass is 537 g/mol. The number of carbonyl (C=O) groups is 1. The highest BCUT2D eigenvalue weighted by Crippen LogP contribution is 2.40. The number of hydrogen-bond donors (Lipinski definition) is 2. The molecule has 0 radical (unpaired) electrons. The van der Waals surface area contributed by atoms with E-state index in [0.29, 0.717) is 36.2 Å². The van der Waals surface area contributed by atoms with Crippen LogP contribution in [0.1, 0.15) is 36.0 Å². The number of methoxy groups -OCH3 is 1. The molecule has 9 nitrogen and oxygen atoms in total. The number of rotatable bonds is 7. The molecule has 1 saturated heterocycles. The molecule has 3 aromatic heterocycles. The Morgan fingerprint density at radius 1 is 1.12 bits per heavy atom. The summed E-state index contributed by atoms with van der Waals surface area (Å²) >= 11 is 0. The first-order chi connectivity index (χ1) is 19.6. The van der Waals surface area contributed by atoms with Crippen molar-refractivity contribution in [1.29, 1.82) is 0 Å². The molecule has 1 saturated carbocycles. The fraction of sp³-hybridized carbons (Fsp3) is 0.387. The van der Waals surface area contributed by atoms with E-state index in [-0.39, 0.29) is 5.91 Å². The zero-order valence-corrected chi connectivity index (χ0v) is 23.1. The van der Waals surface area contributed by atoms with Crippen LogP contribution < -0.4 is 10.5 Å². The number of likely N-dealkylation sites (tertiary alicyclic amines) is 1. The van der Waals surface area contributed by atoms with Crippen LogP contribution in [0.5, 0.6) is 5.75 Å². The second kappa shape index (κ2) is 9.82. The molecule has 3 N–H and O–H groups in total. The third-order valence-corrected chi connectivity index (χ3v) is 8.62. The number of nitrogens with two attached hydrogens (primary N) is 1. The third-order valence-electron chi connectivity index (χ3n) is 8.62. The van der Waals surface area contributed by atoms with Crippen molar-refractivity contribution in [3.63, 3.8) is 0 Å². The quantitative estimate of drug-likeness (QED) is 0.310. The Hall–Kier alpha value is -4.11. The van der Waals surface area contributed by atoms with E-state index in [2.05, 4.69) is 43.6 Å². The number of ether oxygens (including phenoxy) is 1. The van der Waals surface area contributed by atoms with Gasteiger partial charge in [0, 0.05) is 49.4 Å². The van der Waals surface area contributed by atoms with E-state index in [1.165, 1.54) is 18.4 Å². The van der Waals surface area contributed by atoms with Crippen LogP contribution in [-0.4, -0.2) is 61.9 Å². The Kier molecular flexibility index (Phi) is 6.11. The lowest BCUT2D eigenvalue weighted by Crippen LogP contribution is -2.42. The maximum Gasteiger partial charge on any atom is 0.254 e. The summed E-state index contributed by atoms with van der Waals surface area (Å²) in [6.45, 7) is 2.99. The number of nitrogens with one attached hydrogen (secondary N) is 1. The van der Waals surface area contributed by atoms with Gasteiger partial charge in [0.1, 0.15) is 11.3 Å². The molecule has 0 spiro atoms. The summed E-state index contributed by atoms with van der Waals surface area (Å²) in [5.74, 6) is 2.53. The maximum absolute atomic E-state index is 13.6. The third kappa shape index (κ3) is 4.16. The minimum atomic E-state index is 0.0117. The number of para-hydroxylation sites is 1. The number of piperidine rings is 1. The van der Waals surface area contributed by atoms with Gasteiger partial charge < -0.3 is 24.5 Å². The molecule has 2 aromatic carbocycles. The minimum absolute atomic E-state index is 0.0117. The number of amides is 1. The highest BCUT2D eigenvalue weighted by molar-refractivity contribution is 6.01. The van der Waals surface area contributed by atoms with E-state index < -0.39 is 0 Å². The van der Waals surface area contributed by atoms with Gasteiger partial charge in [0.05, 0.1) is 29.5 Å². The highest BCUT2D eigenvalue weighted by Gasteiger charge is 2.28. The standard InChI is InChI=1S/C31H35N7O2/c1-36-29-25(13-22(15-27(29)40-2)31(39)37-12-4-5-20(16-32)17-37)34-30(36)26-14-21-6-3-7-23(24-10-11-33-35-24)28(21)38(26)18-19-8-9-19/h3,6-7,10-11,13-15,19-20H,4-5,8-9,12,16-18,32H2,1-2H3,(H,33,35)/t20-/m0/s1. The first kappa shape index (κ1) is 24.9. The second-order valence-electron chi connectivity index (χ2n) is 11.3. The molecule has 40 heavy (non-hydrogen) atoms. The van der Waals surface area contributed by atoms with Crippen molar-refractivity contribution >= 4 is 27.8 Å². The smallest absolute Gasteiger partial charge is 0.254 e. The van der Waals surface area contributed by atoms with Crippen molar-refractivity contribution in [3.8, 4) is 28.5 Å². The van der Waals surface area contributed by atoms with Crippen LogP contribution in [0.25, 0.3) is 44.7 Å². The summed E-state index contributed by atoms with van der Waals surface area (Å²) in [4.78, 5) is 20.6. The van der Waals surface area contributed by atoms with Gasteiger partial charge in [-0.05, 0) is 68.3 Å². The lowest BCUT2D eigenvalue weighted by molar-refractivity contribution is 0.0678. The lowest BCUT2D eigenvalue weighted by atomic mass is 9.97. The number of hydrogen-bond acceptors (Lipinski definition) is 5. The second-order valence-corrected chi connectivity index (χ2v) is 11.3. The van der Waals surface area contributed by atoms with Crippen molar-refractivity contribution < 1.29 is 9.53 Å². The molecule has 1 atom stereocenters. The first-order valence-electron chi connectivity index (χ1n) is 14.2. The number of imidazole rings is 1. The number of aryl methyl sites for hydroxylation is 1. The number of nitrogens with zero attached hydrogens (tertiary/aromatic N) is 5. The van der Waals surface area contributed by atoms with Crippen molar-refractivity contribution in [2.24, 2.45) is 24.6 Å². The van der Waals surface area contributed by atoms with E-state index >= 15 is 0 Å². The Labute approximate surface area is 232 Å². The van der Waals surface area contributed by atoms with E-state index in [1.54, 1.807) is 13.3 Å². The van der Waals surface area contributed by atoms with Crippen LogP contribution in [0, 0.1) is 11.8 Å².